The van der Waals surface area contributed by atoms with Crippen LogP contribution in [-0.2, 0) is 19.6 Å². The summed E-state index contributed by atoms with van der Waals surface area (Å²) in [5, 5.41) is 2.89. The van der Waals surface area contributed by atoms with Crippen molar-refractivity contribution in [2.45, 2.75) is 44.1 Å². The summed E-state index contributed by atoms with van der Waals surface area (Å²) in [5.41, 5.74) is 0. The van der Waals surface area contributed by atoms with Crippen molar-refractivity contribution in [2.75, 3.05) is 26.2 Å². The van der Waals surface area contributed by atoms with E-state index in [1.54, 1.807) is 0 Å². The molecule has 0 bridgehead atoms. The molecule has 2 rings (SSSR count). The molecule has 0 saturated carbocycles. The molecule has 1 aromatic carbocycles. The predicted octanol–water partition coefficient (Wildman–Crippen LogP) is 2.16. The number of amides is 1. The minimum atomic E-state index is -3.64. The second kappa shape index (κ2) is 9.43. The third-order valence-electron chi connectivity index (χ3n) is 4.35. The number of carbonyl (C=O) groups is 1. The van der Waals surface area contributed by atoms with Crippen molar-refractivity contribution in [3.63, 3.8) is 0 Å². The molecule has 6 nitrogen and oxygen atoms in total. The Hall–Kier alpha value is -1.51. The number of ether oxygens (including phenoxy) is 1. The molecule has 0 unspecified atom stereocenters. The van der Waals surface area contributed by atoms with Crippen LogP contribution in [-0.4, -0.2) is 51.0 Å². The number of halogens is 1. The first-order valence-electron chi connectivity index (χ1n) is 8.95. The molecule has 1 amide bonds. The van der Waals surface area contributed by atoms with E-state index in [-0.39, 0.29) is 35.9 Å². The van der Waals surface area contributed by atoms with Crippen molar-refractivity contribution in [3.8, 4) is 0 Å². The van der Waals surface area contributed by atoms with Crippen molar-refractivity contribution in [1.29, 1.82) is 0 Å². The van der Waals surface area contributed by atoms with Crippen LogP contribution in [0.1, 0.15) is 33.1 Å². The molecule has 0 spiro atoms. The molecule has 1 heterocycles. The Balaban J connectivity index is 1.79. The summed E-state index contributed by atoms with van der Waals surface area (Å²) >= 11 is 0. The van der Waals surface area contributed by atoms with Gasteiger partial charge in [0.2, 0.25) is 15.9 Å². The van der Waals surface area contributed by atoms with E-state index in [2.05, 4.69) is 5.32 Å². The van der Waals surface area contributed by atoms with E-state index in [1.807, 2.05) is 13.8 Å². The van der Waals surface area contributed by atoms with E-state index in [4.69, 9.17) is 4.74 Å². The first-order chi connectivity index (χ1) is 12.3. The third-order valence-corrected chi connectivity index (χ3v) is 6.26. The highest BCUT2D eigenvalue weighted by Crippen LogP contribution is 2.24. The average Bonchev–Trinajstić information content (AvgIpc) is 2.61. The maximum Gasteiger partial charge on any atom is 0.243 e. The highest BCUT2D eigenvalue weighted by atomic mass is 32.2. The molecular formula is C18H27FN2O4S. The van der Waals surface area contributed by atoms with Crippen molar-refractivity contribution in [1.82, 2.24) is 9.62 Å². The Morgan fingerprint density at radius 3 is 2.46 bits per heavy atom. The molecule has 1 saturated heterocycles. The number of nitrogens with one attached hydrogen (secondary N) is 1. The number of nitrogens with zero attached hydrogens (tertiary/aromatic N) is 1. The smallest absolute Gasteiger partial charge is 0.243 e. The second-order valence-electron chi connectivity index (χ2n) is 6.70. The highest BCUT2D eigenvalue weighted by Gasteiger charge is 2.31. The zero-order valence-electron chi connectivity index (χ0n) is 15.3. The number of hydrogen-bond acceptors (Lipinski definition) is 4. The summed E-state index contributed by atoms with van der Waals surface area (Å²) < 4.78 is 44.9. The van der Waals surface area contributed by atoms with Gasteiger partial charge in [-0.15, -0.1) is 0 Å². The zero-order valence-corrected chi connectivity index (χ0v) is 16.1. The molecule has 8 heteroatoms. The van der Waals surface area contributed by atoms with Crippen LogP contribution in [0.4, 0.5) is 4.39 Å². The van der Waals surface area contributed by atoms with Gasteiger partial charge in [0.05, 0.1) is 11.0 Å². The maximum atomic E-state index is 13.0. The van der Waals surface area contributed by atoms with Crippen molar-refractivity contribution in [2.24, 2.45) is 5.92 Å². The van der Waals surface area contributed by atoms with Gasteiger partial charge in [-0.1, -0.05) is 0 Å². The van der Waals surface area contributed by atoms with E-state index in [9.17, 15) is 17.6 Å². The van der Waals surface area contributed by atoms with Gasteiger partial charge in [0.25, 0.3) is 0 Å². The number of piperidine rings is 1. The number of benzene rings is 1. The molecule has 0 atom stereocenters. The number of rotatable bonds is 8. The van der Waals surface area contributed by atoms with Crippen molar-refractivity contribution >= 4 is 15.9 Å². The van der Waals surface area contributed by atoms with E-state index < -0.39 is 15.8 Å². The fourth-order valence-corrected chi connectivity index (χ4v) is 4.33. The third kappa shape index (κ3) is 5.75. The van der Waals surface area contributed by atoms with Crippen LogP contribution < -0.4 is 5.32 Å². The second-order valence-corrected chi connectivity index (χ2v) is 8.63. The van der Waals surface area contributed by atoms with Crippen molar-refractivity contribution < 1.29 is 22.3 Å². The van der Waals surface area contributed by atoms with Gasteiger partial charge in [0, 0.05) is 32.2 Å². The minimum absolute atomic E-state index is 0.0339. The standard InChI is InChI=1S/C18H27FN2O4S/c1-14(2)25-13-3-10-20-18(22)15-8-11-21(12-9-15)26(23,24)17-6-4-16(19)5-7-17/h4-7,14-15H,3,8-13H2,1-2H3,(H,20,22). The molecular weight excluding hydrogens is 359 g/mol. The first kappa shape index (κ1) is 20.8. The van der Waals surface area contributed by atoms with E-state index in [0.717, 1.165) is 18.6 Å². The molecule has 0 radical (unpaired) electrons. The topological polar surface area (TPSA) is 75.7 Å². The van der Waals surface area contributed by atoms with E-state index in [0.29, 0.717) is 26.0 Å². The Morgan fingerprint density at radius 1 is 1.27 bits per heavy atom. The maximum absolute atomic E-state index is 13.0. The summed E-state index contributed by atoms with van der Waals surface area (Å²) in [6.07, 6.45) is 1.89. The molecule has 1 aliphatic heterocycles. The highest BCUT2D eigenvalue weighted by molar-refractivity contribution is 7.89. The van der Waals surface area contributed by atoms with Crippen LogP contribution >= 0.6 is 0 Å². The fraction of sp³-hybridized carbons (Fsp3) is 0.611. The largest absolute Gasteiger partial charge is 0.379 e. The Bertz CT molecular complexity index is 684. The van der Waals surface area contributed by atoms with Crippen LogP contribution in [0.2, 0.25) is 0 Å². The van der Waals surface area contributed by atoms with Gasteiger partial charge in [-0.2, -0.15) is 4.31 Å². The molecule has 1 aromatic rings. The lowest BCUT2D eigenvalue weighted by molar-refractivity contribution is -0.126. The van der Waals surface area contributed by atoms with E-state index >= 15 is 0 Å². The fourth-order valence-electron chi connectivity index (χ4n) is 2.86. The SMILES string of the molecule is CC(C)OCCCNC(=O)C1CCN(S(=O)(=O)c2ccc(F)cc2)CC1. The van der Waals surface area contributed by atoms with Gasteiger partial charge < -0.3 is 10.1 Å². The lowest BCUT2D eigenvalue weighted by atomic mass is 9.97. The van der Waals surface area contributed by atoms with Gasteiger partial charge in [-0.25, -0.2) is 12.8 Å². The summed E-state index contributed by atoms with van der Waals surface area (Å²) in [7, 11) is -3.64. The van der Waals surface area contributed by atoms with Gasteiger partial charge in [0.1, 0.15) is 5.82 Å². The van der Waals surface area contributed by atoms with Gasteiger partial charge >= 0.3 is 0 Å². The monoisotopic (exact) mass is 386 g/mol. The van der Waals surface area contributed by atoms with Crippen LogP contribution in [0.15, 0.2) is 29.2 Å². The quantitative estimate of drug-likeness (QED) is 0.695. The molecule has 1 fully saturated rings. The van der Waals surface area contributed by atoms with Gasteiger partial charge in [-0.05, 0) is 57.4 Å². The number of carbonyl (C=O) groups excluding carboxylic acids is 1. The summed E-state index contributed by atoms with van der Waals surface area (Å²) in [5.74, 6) is -0.688. The average molecular weight is 386 g/mol. The normalized spacial score (nSPS) is 16.8. The predicted molar refractivity (Wildman–Crippen MR) is 96.6 cm³/mol. The van der Waals surface area contributed by atoms with Crippen LogP contribution in [0.3, 0.4) is 0 Å². The molecule has 1 aliphatic rings. The molecule has 0 aromatic heterocycles. The number of hydrogen-bond donors (Lipinski definition) is 1. The summed E-state index contributed by atoms with van der Waals surface area (Å²) in [6.45, 7) is 5.66. The van der Waals surface area contributed by atoms with Crippen LogP contribution in [0.5, 0.6) is 0 Å². The number of sulfonamides is 1. The van der Waals surface area contributed by atoms with Crippen LogP contribution in [0.25, 0.3) is 0 Å². The molecule has 26 heavy (non-hydrogen) atoms. The molecule has 1 N–H and O–H groups in total. The van der Waals surface area contributed by atoms with Crippen molar-refractivity contribution in [3.05, 3.63) is 30.1 Å². The van der Waals surface area contributed by atoms with Gasteiger partial charge in [-0.3, -0.25) is 4.79 Å². The first-order valence-corrected chi connectivity index (χ1v) is 10.4. The van der Waals surface area contributed by atoms with Crippen LogP contribution in [0, 0.1) is 11.7 Å². The summed E-state index contributed by atoms with van der Waals surface area (Å²) in [6, 6.07) is 4.80. The lowest BCUT2D eigenvalue weighted by Crippen LogP contribution is -2.43. The molecule has 146 valence electrons. The Labute approximate surface area is 154 Å². The zero-order chi connectivity index (χ0) is 19.2. The molecule has 0 aliphatic carbocycles. The summed E-state index contributed by atoms with van der Waals surface area (Å²) in [4.78, 5) is 12.3. The van der Waals surface area contributed by atoms with E-state index in [1.165, 1.54) is 16.4 Å². The lowest BCUT2D eigenvalue weighted by Gasteiger charge is -2.30. The minimum Gasteiger partial charge on any atom is -0.379 e. The Kier molecular flexibility index (Phi) is 7.55. The Morgan fingerprint density at radius 2 is 1.88 bits per heavy atom. The van der Waals surface area contributed by atoms with Gasteiger partial charge in [0.15, 0.2) is 0 Å².